The molecule has 4 amide bonds. The lowest BCUT2D eigenvalue weighted by atomic mass is 10.1. The minimum Gasteiger partial charge on any atom is -0.336 e. The van der Waals surface area contributed by atoms with Crippen LogP contribution >= 0.6 is 0 Å². The molecule has 2 N–H and O–H groups in total. The lowest BCUT2D eigenvalue weighted by Gasteiger charge is -2.26. The molecular weight excluding hydrogens is 342 g/mol. The number of carbonyl (C=O) groups is 2. The molecule has 1 heterocycles. The smallest absolute Gasteiger partial charge is 0.336 e. The Morgan fingerprint density at radius 2 is 1.41 bits per heavy atom. The topological polar surface area (TPSA) is 67.9 Å². The first-order valence-corrected chi connectivity index (χ1v) is 9.49. The lowest BCUT2D eigenvalue weighted by molar-refractivity contribution is 0.0873. The van der Waals surface area contributed by atoms with E-state index in [1.807, 2.05) is 43.0 Å². The van der Waals surface area contributed by atoms with Gasteiger partial charge in [-0.25, -0.2) is 19.6 Å². The van der Waals surface area contributed by atoms with Crippen LogP contribution in [0.3, 0.4) is 0 Å². The quantitative estimate of drug-likeness (QED) is 0.849. The van der Waals surface area contributed by atoms with E-state index in [0.29, 0.717) is 26.4 Å². The van der Waals surface area contributed by atoms with Crippen molar-refractivity contribution in [2.24, 2.45) is 0 Å². The first kappa shape index (κ1) is 18.8. The van der Waals surface area contributed by atoms with Gasteiger partial charge in [0.1, 0.15) is 13.3 Å². The summed E-state index contributed by atoms with van der Waals surface area (Å²) in [6.45, 7) is 5.80. The number of rotatable bonds is 5. The van der Waals surface area contributed by atoms with Crippen molar-refractivity contribution in [2.75, 3.05) is 31.3 Å². The highest BCUT2D eigenvalue weighted by Gasteiger charge is 2.35. The fourth-order valence-electron chi connectivity index (χ4n) is 3.15. The molecule has 0 bridgehead atoms. The van der Waals surface area contributed by atoms with Crippen LogP contribution in [0, 0.1) is 0 Å². The number of nitrogens with one attached hydrogen (secondary N) is 2. The van der Waals surface area contributed by atoms with Crippen LogP contribution in [-0.4, -0.2) is 48.5 Å². The summed E-state index contributed by atoms with van der Waals surface area (Å²) in [5, 5.41) is 10.9. The van der Waals surface area contributed by atoms with E-state index in [-0.39, 0.29) is 12.1 Å². The molecular formula is C20H27N5O2. The van der Waals surface area contributed by atoms with Crippen LogP contribution in [0.25, 0.3) is 10.8 Å². The molecule has 0 aromatic heterocycles. The summed E-state index contributed by atoms with van der Waals surface area (Å²) in [6.07, 6.45) is 1.68. The summed E-state index contributed by atoms with van der Waals surface area (Å²) in [5.41, 5.74) is 1.01. The Morgan fingerprint density at radius 1 is 0.852 bits per heavy atom. The molecule has 7 nitrogen and oxygen atoms in total. The minimum absolute atomic E-state index is 0.258. The van der Waals surface area contributed by atoms with Crippen molar-refractivity contribution in [1.82, 2.24) is 20.7 Å². The molecule has 27 heavy (non-hydrogen) atoms. The number of carbonyl (C=O) groups excluding carboxylic acids is 2. The van der Waals surface area contributed by atoms with Gasteiger partial charge in [0.25, 0.3) is 0 Å². The number of benzene rings is 2. The van der Waals surface area contributed by atoms with Crippen molar-refractivity contribution in [3.63, 3.8) is 0 Å². The van der Waals surface area contributed by atoms with E-state index in [4.69, 9.17) is 0 Å². The Hall–Kier alpha value is -2.96. The van der Waals surface area contributed by atoms with Crippen LogP contribution < -0.4 is 15.5 Å². The highest BCUT2D eigenvalue weighted by Crippen LogP contribution is 2.29. The SMILES string of the molecule is CCCNC(=O)N1CN(c2cccc3ccccc23)CN1C(=O)NCCC. The largest absolute Gasteiger partial charge is 0.338 e. The summed E-state index contributed by atoms with van der Waals surface area (Å²) in [4.78, 5) is 27.2. The van der Waals surface area contributed by atoms with Gasteiger partial charge in [-0.2, -0.15) is 0 Å². The van der Waals surface area contributed by atoms with Crippen LogP contribution in [0.15, 0.2) is 42.5 Å². The molecule has 0 unspecified atom stereocenters. The Kier molecular flexibility index (Phi) is 6.01. The number of fused-ring (bicyclic) bond motifs is 1. The maximum Gasteiger partial charge on any atom is 0.338 e. The van der Waals surface area contributed by atoms with Gasteiger partial charge in [0, 0.05) is 24.2 Å². The second kappa shape index (κ2) is 8.62. The van der Waals surface area contributed by atoms with E-state index in [1.54, 1.807) is 0 Å². The Bertz CT molecular complexity index is 777. The molecule has 1 fully saturated rings. The van der Waals surface area contributed by atoms with Crippen LogP contribution in [-0.2, 0) is 0 Å². The standard InChI is InChI=1S/C20H27N5O2/c1-3-12-21-19(26)24-14-23(15-25(24)20(27)22-13-4-2)18-11-7-9-16-8-5-6-10-17(16)18/h5-11H,3-4,12-15H2,1-2H3,(H,21,26)(H,22,27). The first-order chi connectivity index (χ1) is 13.2. The van der Waals surface area contributed by atoms with Gasteiger partial charge in [0.05, 0.1) is 0 Å². The van der Waals surface area contributed by atoms with Gasteiger partial charge in [-0.15, -0.1) is 0 Å². The van der Waals surface area contributed by atoms with Gasteiger partial charge in [0.15, 0.2) is 0 Å². The zero-order chi connectivity index (χ0) is 19.2. The summed E-state index contributed by atoms with van der Waals surface area (Å²) < 4.78 is 0. The molecule has 7 heteroatoms. The van der Waals surface area contributed by atoms with Gasteiger partial charge in [-0.3, -0.25) is 0 Å². The van der Waals surface area contributed by atoms with Gasteiger partial charge in [-0.05, 0) is 24.3 Å². The second-order valence-electron chi connectivity index (χ2n) is 6.58. The third-order valence-electron chi connectivity index (χ3n) is 4.53. The van der Waals surface area contributed by atoms with Gasteiger partial charge >= 0.3 is 12.1 Å². The predicted octanol–water partition coefficient (Wildman–Crippen LogP) is 3.33. The summed E-state index contributed by atoms with van der Waals surface area (Å²) >= 11 is 0. The van der Waals surface area contributed by atoms with E-state index < -0.39 is 0 Å². The zero-order valence-corrected chi connectivity index (χ0v) is 15.9. The predicted molar refractivity (Wildman–Crippen MR) is 107 cm³/mol. The van der Waals surface area contributed by atoms with Gasteiger partial charge in [0.2, 0.25) is 0 Å². The van der Waals surface area contributed by atoms with E-state index in [0.717, 1.165) is 29.3 Å². The van der Waals surface area contributed by atoms with E-state index in [1.165, 1.54) is 10.0 Å². The van der Waals surface area contributed by atoms with Crippen LogP contribution in [0.5, 0.6) is 0 Å². The highest BCUT2D eigenvalue weighted by atomic mass is 16.2. The van der Waals surface area contributed by atoms with Crippen molar-refractivity contribution in [2.45, 2.75) is 26.7 Å². The van der Waals surface area contributed by atoms with Crippen molar-refractivity contribution in [1.29, 1.82) is 0 Å². The molecule has 1 aliphatic rings. The van der Waals surface area contributed by atoms with Gasteiger partial charge < -0.3 is 15.5 Å². The third-order valence-corrected chi connectivity index (χ3v) is 4.53. The molecule has 0 aliphatic carbocycles. The molecule has 0 atom stereocenters. The van der Waals surface area contributed by atoms with E-state index in [2.05, 4.69) is 28.8 Å². The molecule has 2 aromatic carbocycles. The molecule has 2 aromatic rings. The van der Waals surface area contributed by atoms with Crippen molar-refractivity contribution in [3.8, 4) is 0 Å². The summed E-state index contributed by atoms with van der Waals surface area (Å²) in [5.74, 6) is 0. The van der Waals surface area contributed by atoms with Crippen LogP contribution in [0.2, 0.25) is 0 Å². The number of hydrogen-bond donors (Lipinski definition) is 2. The number of hydrazine groups is 1. The maximum absolute atomic E-state index is 12.6. The average Bonchev–Trinajstić information content (AvgIpc) is 3.15. The molecule has 0 spiro atoms. The van der Waals surface area contributed by atoms with Crippen molar-refractivity contribution in [3.05, 3.63) is 42.5 Å². The summed E-state index contributed by atoms with van der Waals surface area (Å²) in [6, 6.07) is 13.7. The second-order valence-corrected chi connectivity index (χ2v) is 6.58. The van der Waals surface area contributed by atoms with Crippen molar-refractivity contribution < 1.29 is 9.59 Å². The highest BCUT2D eigenvalue weighted by molar-refractivity contribution is 5.95. The zero-order valence-electron chi connectivity index (χ0n) is 15.9. The first-order valence-electron chi connectivity index (χ1n) is 9.49. The molecule has 0 radical (unpaired) electrons. The number of urea groups is 2. The third kappa shape index (κ3) is 4.07. The fourth-order valence-corrected chi connectivity index (χ4v) is 3.15. The molecule has 1 aliphatic heterocycles. The monoisotopic (exact) mass is 369 g/mol. The fraction of sp³-hybridized carbons (Fsp3) is 0.400. The number of nitrogens with zero attached hydrogens (tertiary/aromatic N) is 3. The Morgan fingerprint density at radius 3 is 2.00 bits per heavy atom. The Balaban J connectivity index is 1.87. The lowest BCUT2D eigenvalue weighted by Crippen LogP contribution is -2.52. The minimum atomic E-state index is -0.258. The Labute approximate surface area is 159 Å². The van der Waals surface area contributed by atoms with E-state index >= 15 is 0 Å². The molecule has 0 saturated carbocycles. The number of anilines is 1. The molecule has 1 saturated heterocycles. The molecule has 144 valence electrons. The maximum atomic E-state index is 12.6. The van der Waals surface area contributed by atoms with Crippen LogP contribution in [0.4, 0.5) is 15.3 Å². The number of hydrogen-bond acceptors (Lipinski definition) is 3. The molecule has 3 rings (SSSR count). The van der Waals surface area contributed by atoms with Gasteiger partial charge in [-0.1, -0.05) is 50.2 Å². The summed E-state index contributed by atoms with van der Waals surface area (Å²) in [7, 11) is 0. The van der Waals surface area contributed by atoms with Crippen LogP contribution in [0.1, 0.15) is 26.7 Å². The number of amides is 4. The van der Waals surface area contributed by atoms with E-state index in [9.17, 15) is 9.59 Å². The average molecular weight is 369 g/mol. The normalized spacial score (nSPS) is 13.9. The van der Waals surface area contributed by atoms with Crippen molar-refractivity contribution >= 4 is 28.5 Å².